The van der Waals surface area contributed by atoms with Crippen molar-refractivity contribution in [3.8, 4) is 0 Å². The summed E-state index contributed by atoms with van der Waals surface area (Å²) in [6.07, 6.45) is 6.62. The highest BCUT2D eigenvalue weighted by atomic mass is 32.2. The molecule has 0 spiro atoms. The smallest absolute Gasteiger partial charge is 0.339 e. The molecule has 9 nitrogen and oxygen atoms in total. The minimum atomic E-state index is -4.30. The molecule has 1 aliphatic heterocycles. The van der Waals surface area contributed by atoms with Crippen molar-refractivity contribution in [3.63, 3.8) is 0 Å². The lowest BCUT2D eigenvalue weighted by atomic mass is 10.1. The summed E-state index contributed by atoms with van der Waals surface area (Å²) < 4.78 is 74.2. The van der Waals surface area contributed by atoms with Crippen LogP contribution in [-0.4, -0.2) is 38.2 Å². The molecule has 6 rings (SSSR count). The van der Waals surface area contributed by atoms with Gasteiger partial charge in [0.15, 0.2) is 17.2 Å². The quantitative estimate of drug-likeness (QED) is 0.165. The molecular formula is C32H34N2O7S2. The standard InChI is InChI=1S/C32H34N2O7S2/c1-22-13-15-27(16-14-22)43(37,38)41-29(17-23-9-7-8-10-23)28-19-24-18-25(30-21-39-32(2,3)40-30)20-33-31(24)34(28)42(35,36)26-11-5-4-6-12-26/h4-6,11-20,23,30H,7-10,21H2,1-3H3. The molecule has 4 aromatic rings. The maximum Gasteiger partial charge on any atom is 0.339 e. The van der Waals surface area contributed by atoms with E-state index >= 15 is 0 Å². The van der Waals surface area contributed by atoms with Crippen LogP contribution in [0.25, 0.3) is 16.8 Å². The predicted octanol–water partition coefficient (Wildman–Crippen LogP) is 6.34. The lowest BCUT2D eigenvalue weighted by Gasteiger charge is -2.17. The highest BCUT2D eigenvalue weighted by molar-refractivity contribution is 7.90. The Morgan fingerprint density at radius 3 is 2.33 bits per heavy atom. The molecule has 2 aromatic heterocycles. The summed E-state index contributed by atoms with van der Waals surface area (Å²) in [5, 5.41) is 0.494. The number of pyridine rings is 1. The second-order valence-corrected chi connectivity index (χ2v) is 14.9. The average molecular weight is 623 g/mol. The molecule has 2 aromatic carbocycles. The molecule has 2 aliphatic rings. The first kappa shape index (κ1) is 29.6. The molecule has 0 bridgehead atoms. The van der Waals surface area contributed by atoms with E-state index in [-0.39, 0.29) is 32.8 Å². The minimum Gasteiger partial charge on any atom is -0.377 e. The van der Waals surface area contributed by atoms with Gasteiger partial charge in [-0.1, -0.05) is 48.7 Å². The molecule has 1 unspecified atom stereocenters. The number of ether oxygens (including phenoxy) is 2. The van der Waals surface area contributed by atoms with Gasteiger partial charge in [0.05, 0.1) is 11.5 Å². The van der Waals surface area contributed by atoms with Crippen LogP contribution in [-0.2, 0) is 33.8 Å². The largest absolute Gasteiger partial charge is 0.377 e. The van der Waals surface area contributed by atoms with Gasteiger partial charge in [0, 0.05) is 17.1 Å². The molecule has 1 atom stereocenters. The van der Waals surface area contributed by atoms with E-state index in [2.05, 4.69) is 4.98 Å². The number of benzene rings is 2. The van der Waals surface area contributed by atoms with E-state index in [1.54, 1.807) is 54.7 Å². The van der Waals surface area contributed by atoms with E-state index in [0.717, 1.165) is 35.2 Å². The van der Waals surface area contributed by atoms with E-state index in [0.29, 0.717) is 17.6 Å². The zero-order valence-electron chi connectivity index (χ0n) is 24.3. The maximum absolute atomic E-state index is 14.2. The number of rotatable bonds is 8. The lowest BCUT2D eigenvalue weighted by Crippen LogP contribution is -2.19. The maximum atomic E-state index is 14.2. The first-order valence-electron chi connectivity index (χ1n) is 14.3. The molecular weight excluding hydrogens is 588 g/mol. The molecule has 0 radical (unpaired) electrons. The third-order valence-corrected chi connectivity index (χ3v) is 10.8. The molecule has 11 heteroatoms. The molecule has 226 valence electrons. The van der Waals surface area contributed by atoms with Crippen LogP contribution in [0, 0.1) is 12.8 Å². The summed E-state index contributed by atoms with van der Waals surface area (Å²) >= 11 is 0. The number of nitrogens with zero attached hydrogens (tertiary/aromatic N) is 2. The second kappa shape index (κ2) is 11.2. The third-order valence-electron chi connectivity index (χ3n) is 7.83. The Labute approximate surface area is 252 Å². The molecule has 3 heterocycles. The van der Waals surface area contributed by atoms with Crippen molar-refractivity contribution < 1.29 is 30.5 Å². The monoisotopic (exact) mass is 622 g/mol. The molecule has 2 fully saturated rings. The van der Waals surface area contributed by atoms with Crippen molar-refractivity contribution in [2.24, 2.45) is 5.92 Å². The number of fused-ring (bicyclic) bond motifs is 1. The van der Waals surface area contributed by atoms with Crippen LogP contribution in [0.4, 0.5) is 0 Å². The average Bonchev–Trinajstić information content (AvgIpc) is 3.71. The summed E-state index contributed by atoms with van der Waals surface area (Å²) in [6.45, 7) is 5.83. The van der Waals surface area contributed by atoms with Gasteiger partial charge in [0.1, 0.15) is 16.7 Å². The molecule has 0 N–H and O–H groups in total. The van der Waals surface area contributed by atoms with Crippen molar-refractivity contribution in [1.82, 2.24) is 8.96 Å². The van der Waals surface area contributed by atoms with Gasteiger partial charge in [-0.25, -0.2) is 17.4 Å². The van der Waals surface area contributed by atoms with Gasteiger partial charge in [0.25, 0.3) is 10.0 Å². The third kappa shape index (κ3) is 5.99. The van der Waals surface area contributed by atoms with E-state index in [1.165, 1.54) is 24.3 Å². The van der Waals surface area contributed by atoms with Gasteiger partial charge in [0.2, 0.25) is 0 Å². The first-order valence-corrected chi connectivity index (χ1v) is 17.1. The van der Waals surface area contributed by atoms with E-state index in [1.807, 2.05) is 20.8 Å². The van der Waals surface area contributed by atoms with Gasteiger partial charge >= 0.3 is 10.1 Å². The van der Waals surface area contributed by atoms with Crippen molar-refractivity contribution in [2.75, 3.05) is 6.61 Å². The Kier molecular flexibility index (Phi) is 7.70. The number of aromatic nitrogens is 2. The van der Waals surface area contributed by atoms with Gasteiger partial charge in [-0.15, -0.1) is 0 Å². The van der Waals surface area contributed by atoms with Crippen LogP contribution >= 0.6 is 0 Å². The zero-order chi connectivity index (χ0) is 30.4. The summed E-state index contributed by atoms with van der Waals surface area (Å²) in [6, 6.07) is 17.8. The lowest BCUT2D eigenvalue weighted by molar-refractivity contribution is -0.139. The molecule has 0 amide bonds. The number of hydrogen-bond donors (Lipinski definition) is 0. The van der Waals surface area contributed by atoms with Crippen molar-refractivity contribution in [3.05, 3.63) is 95.8 Å². The van der Waals surface area contributed by atoms with Gasteiger partial charge in [-0.05, 0) is 82.0 Å². The fourth-order valence-electron chi connectivity index (χ4n) is 5.59. The Morgan fingerprint density at radius 2 is 1.67 bits per heavy atom. The SMILES string of the molecule is Cc1ccc(S(=O)(=O)OC(=CC2CCCC2)c2cc3cc(C4COC(C)(C)O4)cnc3n2S(=O)(=O)c2ccccc2)cc1. The summed E-state index contributed by atoms with van der Waals surface area (Å²) in [7, 11) is -8.52. The number of hydrogen-bond acceptors (Lipinski definition) is 8. The van der Waals surface area contributed by atoms with Gasteiger partial charge in [-0.2, -0.15) is 8.42 Å². The van der Waals surface area contributed by atoms with Crippen molar-refractivity contribution >= 4 is 36.9 Å². The van der Waals surface area contributed by atoms with Crippen LogP contribution in [0.3, 0.4) is 0 Å². The van der Waals surface area contributed by atoms with Gasteiger partial charge in [-0.3, -0.25) is 0 Å². The number of aryl methyl sites for hydroxylation is 1. The second-order valence-electron chi connectivity index (χ2n) is 11.5. The van der Waals surface area contributed by atoms with E-state index in [9.17, 15) is 16.8 Å². The number of allylic oxidation sites excluding steroid dienone is 1. The Morgan fingerprint density at radius 1 is 0.977 bits per heavy atom. The van der Waals surface area contributed by atoms with Crippen LogP contribution in [0.5, 0.6) is 0 Å². The fourth-order valence-corrected chi connectivity index (χ4v) is 8.03. The van der Waals surface area contributed by atoms with Crippen LogP contribution in [0.15, 0.2) is 88.8 Å². The first-order chi connectivity index (χ1) is 20.4. The zero-order valence-corrected chi connectivity index (χ0v) is 25.9. The van der Waals surface area contributed by atoms with E-state index < -0.39 is 32.0 Å². The minimum absolute atomic E-state index is 0.0228. The van der Waals surface area contributed by atoms with Crippen LogP contribution < -0.4 is 0 Å². The summed E-state index contributed by atoms with van der Waals surface area (Å²) in [5.74, 6) is -0.778. The van der Waals surface area contributed by atoms with Gasteiger partial charge < -0.3 is 13.7 Å². The Balaban J connectivity index is 1.54. The molecule has 1 aliphatic carbocycles. The normalized spacial score (nSPS) is 19.7. The fraction of sp³-hybridized carbons (Fsp3) is 0.344. The Bertz CT molecular complexity index is 1890. The summed E-state index contributed by atoms with van der Waals surface area (Å²) in [4.78, 5) is 4.60. The molecule has 1 saturated carbocycles. The predicted molar refractivity (Wildman–Crippen MR) is 162 cm³/mol. The molecule has 43 heavy (non-hydrogen) atoms. The van der Waals surface area contributed by atoms with Crippen molar-refractivity contribution in [1.29, 1.82) is 0 Å². The van der Waals surface area contributed by atoms with E-state index in [4.69, 9.17) is 13.7 Å². The topological polar surface area (TPSA) is 114 Å². The van der Waals surface area contributed by atoms with Crippen molar-refractivity contribution in [2.45, 2.75) is 68.1 Å². The highest BCUT2D eigenvalue weighted by Gasteiger charge is 2.35. The van der Waals surface area contributed by atoms with Crippen LogP contribution in [0.2, 0.25) is 0 Å². The summed E-state index contributed by atoms with van der Waals surface area (Å²) in [5.41, 5.74) is 1.84. The molecule has 1 saturated heterocycles. The highest BCUT2D eigenvalue weighted by Crippen LogP contribution is 2.38. The Hall–Kier alpha value is -3.51. The van der Waals surface area contributed by atoms with Crippen LogP contribution in [0.1, 0.15) is 62.5 Å².